The van der Waals surface area contributed by atoms with Gasteiger partial charge in [-0.2, -0.15) is 0 Å². The summed E-state index contributed by atoms with van der Waals surface area (Å²) in [5, 5.41) is 21.5. The molecule has 0 aliphatic carbocycles. The first-order valence-electron chi connectivity index (χ1n) is 9.51. The lowest BCUT2D eigenvalue weighted by atomic mass is 9.96. The summed E-state index contributed by atoms with van der Waals surface area (Å²) in [5.41, 5.74) is 1.37. The summed E-state index contributed by atoms with van der Waals surface area (Å²) in [5.74, 6) is -3.25. The van der Waals surface area contributed by atoms with Crippen LogP contribution in [-0.2, 0) is 25.7 Å². The lowest BCUT2D eigenvalue weighted by Gasteiger charge is -2.30. The number of nitrogens with one attached hydrogen (secondary N) is 2. The molecule has 1 saturated heterocycles. The number of hydrogen-bond donors (Lipinski definition) is 4. The zero-order valence-corrected chi connectivity index (χ0v) is 16.4. The van der Waals surface area contributed by atoms with Crippen LogP contribution >= 0.6 is 0 Å². The third-order valence-electron chi connectivity index (χ3n) is 5.12. The topological polar surface area (TPSA) is 149 Å². The molecule has 0 unspecified atom stereocenters. The van der Waals surface area contributed by atoms with Gasteiger partial charge in [-0.15, -0.1) is 0 Å². The summed E-state index contributed by atoms with van der Waals surface area (Å²) in [4.78, 5) is 50.6. The molecular weight excluding hydrogens is 394 g/mol. The van der Waals surface area contributed by atoms with Crippen LogP contribution in [0.2, 0.25) is 0 Å². The van der Waals surface area contributed by atoms with E-state index in [1.54, 1.807) is 11.0 Å². The normalized spacial score (nSPS) is 14.7. The number of carbonyl (C=O) groups is 4. The number of nitrogens with zero attached hydrogens (tertiary/aromatic N) is 1. The molecule has 2 heterocycles. The zero-order valence-electron chi connectivity index (χ0n) is 16.4. The maximum atomic E-state index is 12.4. The van der Waals surface area contributed by atoms with Gasteiger partial charge >= 0.3 is 11.9 Å². The van der Waals surface area contributed by atoms with Gasteiger partial charge in [0.05, 0.1) is 6.54 Å². The number of carbonyl (C=O) groups excluding carboxylic acids is 2. The molecule has 3 rings (SSSR count). The number of aliphatic carboxylic acids is 2. The van der Waals surface area contributed by atoms with Crippen LogP contribution in [0.15, 0.2) is 24.3 Å². The Hall–Kier alpha value is -3.56. The first-order valence-corrected chi connectivity index (χ1v) is 9.51. The van der Waals surface area contributed by atoms with E-state index in [1.165, 1.54) is 19.1 Å². The van der Waals surface area contributed by atoms with E-state index in [1.807, 2.05) is 6.07 Å². The van der Waals surface area contributed by atoms with E-state index in [4.69, 9.17) is 14.9 Å². The van der Waals surface area contributed by atoms with Crippen molar-refractivity contribution < 1.29 is 34.1 Å². The number of fused-ring (bicyclic) bond motifs is 1. The lowest BCUT2D eigenvalue weighted by molar-refractivity contribution is -0.159. The SMILES string of the molecule is CC(=O)N1CCC(C(=O)NCc2cc3ccc(OC(C(=O)O)C(=O)O)cc3[nH]2)CC1. The van der Waals surface area contributed by atoms with Crippen molar-refractivity contribution in [2.24, 2.45) is 5.92 Å². The Morgan fingerprint density at radius 3 is 2.43 bits per heavy atom. The Labute approximate surface area is 171 Å². The summed E-state index contributed by atoms with van der Waals surface area (Å²) >= 11 is 0. The molecule has 1 aliphatic rings. The van der Waals surface area contributed by atoms with Crippen LogP contribution in [0.5, 0.6) is 5.75 Å². The van der Waals surface area contributed by atoms with Crippen molar-refractivity contribution in [1.82, 2.24) is 15.2 Å². The number of amides is 2. The minimum atomic E-state index is -1.99. The van der Waals surface area contributed by atoms with Gasteiger partial charge < -0.3 is 30.2 Å². The Kier molecular flexibility index (Phi) is 6.24. The van der Waals surface area contributed by atoms with Gasteiger partial charge in [0.15, 0.2) is 0 Å². The third kappa shape index (κ3) is 4.88. The van der Waals surface area contributed by atoms with Crippen molar-refractivity contribution >= 4 is 34.7 Å². The molecule has 0 bridgehead atoms. The molecule has 1 aliphatic heterocycles. The first kappa shape index (κ1) is 21.2. The van der Waals surface area contributed by atoms with E-state index in [-0.39, 0.29) is 30.0 Å². The zero-order chi connectivity index (χ0) is 21.8. The quantitative estimate of drug-likeness (QED) is 0.490. The van der Waals surface area contributed by atoms with E-state index >= 15 is 0 Å². The Morgan fingerprint density at radius 1 is 1.17 bits per heavy atom. The van der Waals surface area contributed by atoms with Gasteiger partial charge in [0.1, 0.15) is 5.75 Å². The highest BCUT2D eigenvalue weighted by Gasteiger charge is 2.28. The molecule has 1 fully saturated rings. The highest BCUT2D eigenvalue weighted by atomic mass is 16.5. The number of carboxylic acid groups (broad SMARTS) is 2. The van der Waals surface area contributed by atoms with Gasteiger partial charge in [-0.25, -0.2) is 9.59 Å². The summed E-state index contributed by atoms with van der Waals surface area (Å²) in [6.07, 6.45) is -0.731. The second kappa shape index (κ2) is 8.85. The van der Waals surface area contributed by atoms with Crippen molar-refractivity contribution in [2.75, 3.05) is 13.1 Å². The molecule has 2 amide bonds. The van der Waals surface area contributed by atoms with E-state index in [0.29, 0.717) is 31.4 Å². The van der Waals surface area contributed by atoms with Crippen LogP contribution in [0.1, 0.15) is 25.5 Å². The van der Waals surface area contributed by atoms with E-state index in [9.17, 15) is 19.2 Å². The van der Waals surface area contributed by atoms with Gasteiger partial charge in [-0.1, -0.05) is 0 Å². The number of piperidine rings is 1. The number of hydrogen-bond acceptors (Lipinski definition) is 5. The number of benzene rings is 1. The van der Waals surface area contributed by atoms with Crippen LogP contribution in [0.4, 0.5) is 0 Å². The van der Waals surface area contributed by atoms with Crippen LogP contribution in [0.25, 0.3) is 10.9 Å². The number of rotatable bonds is 7. The van der Waals surface area contributed by atoms with Gasteiger partial charge in [-0.3, -0.25) is 9.59 Å². The van der Waals surface area contributed by atoms with Crippen molar-refractivity contribution in [3.05, 3.63) is 30.0 Å². The number of aromatic nitrogens is 1. The van der Waals surface area contributed by atoms with Crippen molar-refractivity contribution in [3.8, 4) is 5.75 Å². The summed E-state index contributed by atoms with van der Waals surface area (Å²) in [6, 6.07) is 6.51. The van der Waals surface area contributed by atoms with Crippen LogP contribution in [0.3, 0.4) is 0 Å². The number of likely N-dealkylation sites (tertiary alicyclic amines) is 1. The van der Waals surface area contributed by atoms with Crippen molar-refractivity contribution in [2.45, 2.75) is 32.4 Å². The molecular formula is C20H23N3O7. The van der Waals surface area contributed by atoms with E-state index in [0.717, 1.165) is 11.1 Å². The van der Waals surface area contributed by atoms with Crippen LogP contribution in [0, 0.1) is 5.92 Å². The standard InChI is InChI=1S/C20H23N3O7/c1-11(24)23-6-4-12(5-7-23)18(25)21-10-14-8-13-2-3-15(9-16(13)22-14)30-17(19(26)27)20(28)29/h2-3,8-9,12,17,22H,4-7,10H2,1H3,(H,21,25)(H,26,27)(H,28,29). The number of aromatic amines is 1. The fourth-order valence-corrected chi connectivity index (χ4v) is 3.46. The average Bonchev–Trinajstić information content (AvgIpc) is 3.12. The summed E-state index contributed by atoms with van der Waals surface area (Å²) < 4.78 is 5.04. The van der Waals surface area contributed by atoms with Crippen molar-refractivity contribution in [1.29, 1.82) is 0 Å². The van der Waals surface area contributed by atoms with Gasteiger partial charge in [-0.05, 0) is 36.4 Å². The number of carboxylic acids is 2. The third-order valence-corrected chi connectivity index (χ3v) is 5.12. The smallest absolute Gasteiger partial charge is 0.356 e. The van der Waals surface area contributed by atoms with Gasteiger partial charge in [0, 0.05) is 43.2 Å². The first-order chi connectivity index (χ1) is 14.2. The molecule has 0 radical (unpaired) electrons. The molecule has 1 aromatic heterocycles. The van der Waals surface area contributed by atoms with E-state index < -0.39 is 18.0 Å². The predicted octanol–water partition coefficient (Wildman–Crippen LogP) is 0.959. The second-order valence-electron chi connectivity index (χ2n) is 7.22. The molecule has 30 heavy (non-hydrogen) atoms. The average molecular weight is 417 g/mol. The predicted molar refractivity (Wildman–Crippen MR) is 105 cm³/mol. The molecule has 0 spiro atoms. The largest absolute Gasteiger partial charge is 0.478 e. The lowest BCUT2D eigenvalue weighted by Crippen LogP contribution is -2.42. The monoisotopic (exact) mass is 417 g/mol. The van der Waals surface area contributed by atoms with Crippen LogP contribution < -0.4 is 10.1 Å². The Bertz CT molecular complexity index is 962. The molecule has 0 atom stereocenters. The maximum Gasteiger partial charge on any atom is 0.356 e. The second-order valence-corrected chi connectivity index (χ2v) is 7.22. The molecule has 2 aromatic rings. The fraction of sp³-hybridized carbons (Fsp3) is 0.400. The molecule has 1 aromatic carbocycles. The Morgan fingerprint density at radius 2 is 1.83 bits per heavy atom. The molecule has 160 valence electrons. The van der Waals surface area contributed by atoms with Gasteiger partial charge in [0.2, 0.25) is 11.8 Å². The van der Waals surface area contributed by atoms with Crippen molar-refractivity contribution in [3.63, 3.8) is 0 Å². The van der Waals surface area contributed by atoms with E-state index in [2.05, 4.69) is 10.3 Å². The molecule has 10 nitrogen and oxygen atoms in total. The molecule has 10 heteroatoms. The summed E-state index contributed by atoms with van der Waals surface area (Å²) in [6.45, 7) is 2.96. The maximum absolute atomic E-state index is 12.4. The highest BCUT2D eigenvalue weighted by molar-refractivity contribution is 5.96. The fourth-order valence-electron chi connectivity index (χ4n) is 3.46. The summed E-state index contributed by atoms with van der Waals surface area (Å²) in [7, 11) is 0. The number of H-pyrrole nitrogens is 1. The molecule has 4 N–H and O–H groups in total. The minimum absolute atomic E-state index is 0.0216. The molecule has 0 saturated carbocycles. The Balaban J connectivity index is 1.59. The van der Waals surface area contributed by atoms with Crippen LogP contribution in [-0.4, -0.2) is 63.0 Å². The minimum Gasteiger partial charge on any atom is -0.478 e. The number of ether oxygens (including phenoxy) is 1. The highest BCUT2D eigenvalue weighted by Crippen LogP contribution is 2.23. The van der Waals surface area contributed by atoms with Gasteiger partial charge in [0.25, 0.3) is 6.10 Å².